The van der Waals surface area contributed by atoms with Crippen LogP contribution in [0.2, 0.25) is 10.0 Å². The Morgan fingerprint density at radius 1 is 1.00 bits per heavy atom. The Morgan fingerprint density at radius 2 is 1.71 bits per heavy atom. The number of anilines is 1. The van der Waals surface area contributed by atoms with Crippen LogP contribution < -0.4 is 20.3 Å². The molecule has 0 spiro atoms. The predicted molar refractivity (Wildman–Crippen MR) is 136 cm³/mol. The van der Waals surface area contributed by atoms with Gasteiger partial charge in [0, 0.05) is 41.0 Å². The monoisotopic (exact) mass is 516 g/mol. The Morgan fingerprint density at radius 3 is 2.37 bits per heavy atom. The number of carbonyl (C=O) groups is 2. The number of hydrogen-bond acceptors (Lipinski definition) is 5. The summed E-state index contributed by atoms with van der Waals surface area (Å²) in [4.78, 5) is 32.6. The number of nitrogens with one attached hydrogen (secondary N) is 2. The number of fused-ring (bicyclic) bond motifs is 2. The zero-order valence-electron chi connectivity index (χ0n) is 19.9. The van der Waals surface area contributed by atoms with Crippen molar-refractivity contribution in [2.75, 3.05) is 4.90 Å². The first kappa shape index (κ1) is 24.2. The molecular formula is C26H30Cl2N4O3. The SMILES string of the molecule is CC(C)(Oc1ccc(Cl)cc1Cl)C(=O)NC1CC2CCC(C1)N2c1cc(C(=O)NC2CC2)ccn1. The summed E-state index contributed by atoms with van der Waals surface area (Å²) in [6.45, 7) is 3.47. The summed E-state index contributed by atoms with van der Waals surface area (Å²) in [5, 5.41) is 7.12. The summed E-state index contributed by atoms with van der Waals surface area (Å²) >= 11 is 12.2. The minimum Gasteiger partial charge on any atom is -0.476 e. The van der Waals surface area contributed by atoms with Gasteiger partial charge in [-0.15, -0.1) is 0 Å². The molecule has 1 aromatic heterocycles. The molecule has 0 radical (unpaired) electrons. The van der Waals surface area contributed by atoms with E-state index >= 15 is 0 Å². The van der Waals surface area contributed by atoms with Crippen LogP contribution in [0.15, 0.2) is 36.5 Å². The number of nitrogens with zero attached hydrogens (tertiary/aromatic N) is 2. The van der Waals surface area contributed by atoms with E-state index in [1.54, 1.807) is 44.3 Å². The van der Waals surface area contributed by atoms with Gasteiger partial charge in [-0.1, -0.05) is 23.2 Å². The molecule has 2 unspecified atom stereocenters. The van der Waals surface area contributed by atoms with Crippen LogP contribution in [0.5, 0.6) is 5.75 Å². The number of pyridine rings is 1. The molecule has 35 heavy (non-hydrogen) atoms. The number of halogens is 2. The van der Waals surface area contributed by atoms with Gasteiger partial charge in [0.2, 0.25) is 0 Å². The predicted octanol–water partition coefficient (Wildman–Crippen LogP) is 4.75. The second-order valence-electron chi connectivity index (χ2n) is 10.3. The molecule has 2 amide bonds. The van der Waals surface area contributed by atoms with E-state index < -0.39 is 5.60 Å². The van der Waals surface area contributed by atoms with Gasteiger partial charge in [-0.2, -0.15) is 0 Å². The van der Waals surface area contributed by atoms with Gasteiger partial charge in [0.25, 0.3) is 11.8 Å². The first-order valence-corrected chi connectivity index (χ1v) is 13.0. The molecule has 2 atom stereocenters. The number of carbonyl (C=O) groups excluding carboxylic acids is 2. The van der Waals surface area contributed by atoms with E-state index in [2.05, 4.69) is 20.5 Å². The van der Waals surface area contributed by atoms with Crippen molar-refractivity contribution in [3.05, 3.63) is 52.1 Å². The van der Waals surface area contributed by atoms with Crippen molar-refractivity contribution in [2.45, 2.75) is 82.1 Å². The van der Waals surface area contributed by atoms with E-state index in [0.717, 1.165) is 44.3 Å². The average molecular weight is 517 g/mol. The summed E-state index contributed by atoms with van der Waals surface area (Å²) in [6, 6.07) is 9.51. The lowest BCUT2D eigenvalue weighted by Gasteiger charge is -2.41. The van der Waals surface area contributed by atoms with Crippen LogP contribution in [0.25, 0.3) is 0 Å². The summed E-state index contributed by atoms with van der Waals surface area (Å²) in [6.07, 6.45) is 7.55. The summed E-state index contributed by atoms with van der Waals surface area (Å²) in [7, 11) is 0. The van der Waals surface area contributed by atoms with Crippen LogP contribution in [0.4, 0.5) is 5.82 Å². The van der Waals surface area contributed by atoms with Crippen molar-refractivity contribution in [1.29, 1.82) is 0 Å². The van der Waals surface area contributed by atoms with E-state index in [0.29, 0.717) is 27.4 Å². The van der Waals surface area contributed by atoms with Crippen LogP contribution in [0.3, 0.4) is 0 Å². The number of aromatic nitrogens is 1. The third kappa shape index (κ3) is 5.36. The van der Waals surface area contributed by atoms with Gasteiger partial charge >= 0.3 is 0 Å². The van der Waals surface area contributed by atoms with Crippen molar-refractivity contribution in [2.24, 2.45) is 0 Å². The van der Waals surface area contributed by atoms with E-state index in [1.165, 1.54) is 0 Å². The molecule has 5 rings (SSSR count). The molecule has 1 aromatic carbocycles. The van der Waals surface area contributed by atoms with Gasteiger partial charge < -0.3 is 20.3 Å². The number of amides is 2. The van der Waals surface area contributed by atoms with E-state index in [-0.39, 0.29) is 29.9 Å². The quantitative estimate of drug-likeness (QED) is 0.554. The second kappa shape index (κ2) is 9.51. The Bertz CT molecular complexity index is 1120. The summed E-state index contributed by atoms with van der Waals surface area (Å²) in [5.41, 5.74) is -0.449. The normalized spacial score (nSPS) is 23.7. The topological polar surface area (TPSA) is 83.6 Å². The Kier molecular flexibility index (Phi) is 6.57. The lowest BCUT2D eigenvalue weighted by atomic mass is 9.96. The summed E-state index contributed by atoms with van der Waals surface area (Å²) < 4.78 is 5.96. The zero-order valence-corrected chi connectivity index (χ0v) is 21.4. The molecular weight excluding hydrogens is 487 g/mol. The lowest BCUT2D eigenvalue weighted by Crippen LogP contribution is -2.55. The van der Waals surface area contributed by atoms with Crippen molar-refractivity contribution >= 4 is 40.8 Å². The molecule has 7 nitrogen and oxygen atoms in total. The molecule has 2 N–H and O–H groups in total. The lowest BCUT2D eigenvalue weighted by molar-refractivity contribution is -0.135. The third-order valence-corrected chi connectivity index (χ3v) is 7.59. The van der Waals surface area contributed by atoms with Gasteiger partial charge in [0.15, 0.2) is 5.60 Å². The van der Waals surface area contributed by atoms with E-state index in [9.17, 15) is 9.59 Å². The minimum absolute atomic E-state index is 0.0336. The van der Waals surface area contributed by atoms with E-state index in [4.69, 9.17) is 27.9 Å². The maximum absolute atomic E-state index is 13.1. The highest BCUT2D eigenvalue weighted by molar-refractivity contribution is 6.35. The van der Waals surface area contributed by atoms with Crippen LogP contribution >= 0.6 is 23.2 Å². The molecule has 3 aliphatic rings. The smallest absolute Gasteiger partial charge is 0.263 e. The van der Waals surface area contributed by atoms with Crippen molar-refractivity contribution < 1.29 is 14.3 Å². The fraction of sp³-hybridized carbons (Fsp3) is 0.500. The van der Waals surface area contributed by atoms with Gasteiger partial charge in [0.1, 0.15) is 11.6 Å². The van der Waals surface area contributed by atoms with Crippen molar-refractivity contribution in [3.8, 4) is 5.75 Å². The number of piperidine rings is 1. The maximum atomic E-state index is 13.1. The Hall–Kier alpha value is -2.51. The Balaban J connectivity index is 1.22. The molecule has 1 saturated carbocycles. The van der Waals surface area contributed by atoms with Gasteiger partial charge in [-0.05, 0) is 82.7 Å². The standard InChI is InChI=1S/C26H30Cl2N4O3/c1-26(2,35-22-8-3-16(27)12-21(22)28)25(34)31-18-13-19-6-7-20(14-18)32(19)23-11-15(9-10-29-23)24(33)30-17-4-5-17/h3,8-12,17-20H,4-7,13-14H2,1-2H3,(H,30,33)(H,31,34). The number of benzene rings is 1. The van der Waals surface area contributed by atoms with Gasteiger partial charge in [-0.25, -0.2) is 4.98 Å². The molecule has 186 valence electrons. The Labute approximate surface area is 215 Å². The second-order valence-corrected chi connectivity index (χ2v) is 11.1. The molecule has 1 aliphatic carbocycles. The zero-order chi connectivity index (χ0) is 24.7. The van der Waals surface area contributed by atoms with Crippen LogP contribution in [-0.2, 0) is 4.79 Å². The van der Waals surface area contributed by atoms with Crippen LogP contribution in [-0.4, -0.2) is 46.6 Å². The summed E-state index contributed by atoms with van der Waals surface area (Å²) in [5.74, 6) is 1.04. The molecule has 2 bridgehead atoms. The van der Waals surface area contributed by atoms with Crippen molar-refractivity contribution in [1.82, 2.24) is 15.6 Å². The number of hydrogen-bond donors (Lipinski definition) is 2. The van der Waals surface area contributed by atoms with E-state index in [1.807, 2.05) is 6.07 Å². The number of ether oxygens (including phenoxy) is 1. The first-order valence-electron chi connectivity index (χ1n) is 12.2. The van der Waals surface area contributed by atoms with Crippen molar-refractivity contribution in [3.63, 3.8) is 0 Å². The third-order valence-electron chi connectivity index (χ3n) is 7.06. The fourth-order valence-electron chi connectivity index (χ4n) is 5.10. The van der Waals surface area contributed by atoms with Crippen LogP contribution in [0, 0.1) is 0 Å². The highest BCUT2D eigenvalue weighted by Gasteiger charge is 2.43. The molecule has 2 aromatic rings. The average Bonchev–Trinajstić information content (AvgIpc) is 3.58. The largest absolute Gasteiger partial charge is 0.476 e. The first-order chi connectivity index (χ1) is 16.7. The molecule has 3 fully saturated rings. The molecule has 2 aliphatic heterocycles. The maximum Gasteiger partial charge on any atom is 0.263 e. The van der Waals surface area contributed by atoms with Gasteiger partial charge in [-0.3, -0.25) is 9.59 Å². The minimum atomic E-state index is -1.10. The molecule has 9 heteroatoms. The number of rotatable bonds is 7. The van der Waals surface area contributed by atoms with Crippen LogP contribution in [0.1, 0.15) is 62.7 Å². The highest BCUT2D eigenvalue weighted by Crippen LogP contribution is 2.39. The molecule has 2 saturated heterocycles. The highest BCUT2D eigenvalue weighted by atomic mass is 35.5. The fourth-order valence-corrected chi connectivity index (χ4v) is 5.55. The van der Waals surface area contributed by atoms with Gasteiger partial charge in [0.05, 0.1) is 5.02 Å². The molecule has 3 heterocycles.